The second-order valence-electron chi connectivity index (χ2n) is 5.86. The lowest BCUT2D eigenvalue weighted by atomic mass is 9.89. The van der Waals surface area contributed by atoms with Gasteiger partial charge in [0.2, 0.25) is 0 Å². The highest BCUT2D eigenvalue weighted by Gasteiger charge is 2.24. The molecule has 0 bridgehead atoms. The van der Waals surface area contributed by atoms with E-state index in [1.807, 2.05) is 32.9 Å². The number of hydrogen-bond acceptors (Lipinski definition) is 2. The van der Waals surface area contributed by atoms with E-state index in [2.05, 4.69) is 17.4 Å². The van der Waals surface area contributed by atoms with Crippen LogP contribution in [-0.4, -0.2) is 11.6 Å². The summed E-state index contributed by atoms with van der Waals surface area (Å²) in [5.41, 5.74) is 2.20. The maximum atomic E-state index is 11.8. The fraction of sp³-hybridized carbons (Fsp3) is 0.533. The number of benzene rings is 1. The van der Waals surface area contributed by atoms with Crippen molar-refractivity contribution in [3.8, 4) is 0 Å². The van der Waals surface area contributed by atoms with Crippen LogP contribution in [0.25, 0.3) is 0 Å². The highest BCUT2D eigenvalue weighted by molar-refractivity contribution is 5.68. The third kappa shape index (κ3) is 3.25. The summed E-state index contributed by atoms with van der Waals surface area (Å²) in [6, 6.07) is 8.22. The Kier molecular flexibility index (Phi) is 3.60. The third-order valence-corrected chi connectivity index (χ3v) is 3.04. The summed E-state index contributed by atoms with van der Waals surface area (Å²) in [6.45, 7) is 5.84. The molecule has 1 amide bonds. The van der Waals surface area contributed by atoms with Crippen LogP contribution in [0.1, 0.15) is 50.8 Å². The van der Waals surface area contributed by atoms with E-state index in [0.29, 0.717) is 0 Å². The number of alkyl carbamates (subject to hydrolysis) is 1. The van der Waals surface area contributed by atoms with Crippen molar-refractivity contribution in [3.05, 3.63) is 35.4 Å². The van der Waals surface area contributed by atoms with Crippen LogP contribution >= 0.6 is 0 Å². The van der Waals surface area contributed by atoms with Gasteiger partial charge in [0.1, 0.15) is 6.10 Å². The fourth-order valence-electron chi connectivity index (χ4n) is 2.30. The lowest BCUT2D eigenvalue weighted by Crippen LogP contribution is -2.41. The van der Waals surface area contributed by atoms with Crippen LogP contribution in [0.15, 0.2) is 24.3 Å². The maximum absolute atomic E-state index is 11.8. The van der Waals surface area contributed by atoms with Crippen LogP contribution in [0.3, 0.4) is 0 Å². The van der Waals surface area contributed by atoms with E-state index < -0.39 is 0 Å². The van der Waals surface area contributed by atoms with Gasteiger partial charge in [-0.05, 0) is 51.2 Å². The minimum atomic E-state index is -0.329. The standard InChI is InChI=1S/C15H21NO2/c1-15(2,3)16-14(17)18-13-10-6-8-11-7-4-5-9-12(11)13/h4-5,7,9,13H,6,8,10H2,1-3H3,(H,16,17). The molecule has 1 unspecified atom stereocenters. The van der Waals surface area contributed by atoms with Gasteiger partial charge in [-0.3, -0.25) is 0 Å². The summed E-state index contributed by atoms with van der Waals surface area (Å²) >= 11 is 0. The molecule has 1 aliphatic carbocycles. The molecule has 2 rings (SSSR count). The number of fused-ring (bicyclic) bond motifs is 1. The van der Waals surface area contributed by atoms with Crippen molar-refractivity contribution in [1.82, 2.24) is 5.32 Å². The van der Waals surface area contributed by atoms with Gasteiger partial charge in [-0.2, -0.15) is 0 Å². The zero-order chi connectivity index (χ0) is 13.2. The molecule has 0 radical (unpaired) electrons. The lowest BCUT2D eigenvalue weighted by molar-refractivity contribution is 0.0816. The number of ether oxygens (including phenoxy) is 1. The Bertz CT molecular complexity index is 434. The Morgan fingerprint density at radius 3 is 2.78 bits per heavy atom. The average Bonchev–Trinajstić information content (AvgIpc) is 2.27. The molecule has 1 aromatic rings. The summed E-state index contributed by atoms with van der Waals surface area (Å²) in [6.07, 6.45) is 2.64. The minimum Gasteiger partial charge on any atom is -0.441 e. The van der Waals surface area contributed by atoms with E-state index in [-0.39, 0.29) is 17.7 Å². The van der Waals surface area contributed by atoms with Crippen molar-refractivity contribution < 1.29 is 9.53 Å². The van der Waals surface area contributed by atoms with Crippen molar-refractivity contribution in [2.75, 3.05) is 0 Å². The molecule has 0 heterocycles. The largest absolute Gasteiger partial charge is 0.441 e. The Balaban J connectivity index is 2.05. The van der Waals surface area contributed by atoms with Gasteiger partial charge in [0, 0.05) is 5.54 Å². The van der Waals surface area contributed by atoms with Crippen LogP contribution in [0.4, 0.5) is 4.79 Å². The molecular formula is C15H21NO2. The summed E-state index contributed by atoms with van der Waals surface area (Å²) < 4.78 is 5.54. The smallest absolute Gasteiger partial charge is 0.408 e. The second-order valence-corrected chi connectivity index (χ2v) is 5.86. The van der Waals surface area contributed by atoms with Gasteiger partial charge in [-0.25, -0.2) is 4.79 Å². The first-order valence-electron chi connectivity index (χ1n) is 6.52. The van der Waals surface area contributed by atoms with Crippen molar-refractivity contribution in [2.24, 2.45) is 0 Å². The molecule has 3 heteroatoms. The quantitative estimate of drug-likeness (QED) is 0.823. The van der Waals surface area contributed by atoms with Gasteiger partial charge in [0.15, 0.2) is 0 Å². The normalized spacial score (nSPS) is 18.9. The number of hydrogen-bond donors (Lipinski definition) is 1. The van der Waals surface area contributed by atoms with Crippen LogP contribution in [-0.2, 0) is 11.2 Å². The Labute approximate surface area is 109 Å². The Morgan fingerprint density at radius 1 is 1.33 bits per heavy atom. The lowest BCUT2D eigenvalue weighted by Gasteiger charge is -2.27. The highest BCUT2D eigenvalue weighted by atomic mass is 16.6. The predicted molar refractivity (Wildman–Crippen MR) is 71.5 cm³/mol. The first-order chi connectivity index (χ1) is 8.46. The molecule has 0 saturated carbocycles. The van der Waals surface area contributed by atoms with Gasteiger partial charge in [-0.1, -0.05) is 24.3 Å². The van der Waals surface area contributed by atoms with Crippen LogP contribution in [0.2, 0.25) is 0 Å². The van der Waals surface area contributed by atoms with E-state index in [1.54, 1.807) is 0 Å². The molecule has 1 aliphatic rings. The van der Waals surface area contributed by atoms with E-state index in [1.165, 1.54) is 5.56 Å². The van der Waals surface area contributed by atoms with E-state index >= 15 is 0 Å². The SMILES string of the molecule is CC(C)(C)NC(=O)OC1CCCc2ccccc21. The number of carbonyl (C=O) groups is 1. The van der Waals surface area contributed by atoms with Gasteiger partial charge >= 0.3 is 6.09 Å². The minimum absolute atomic E-state index is 0.0997. The van der Waals surface area contributed by atoms with Gasteiger partial charge in [0.05, 0.1) is 0 Å². The van der Waals surface area contributed by atoms with E-state index in [0.717, 1.165) is 24.8 Å². The number of carbonyl (C=O) groups excluding carboxylic acids is 1. The molecule has 98 valence electrons. The zero-order valence-electron chi connectivity index (χ0n) is 11.3. The first-order valence-corrected chi connectivity index (χ1v) is 6.52. The third-order valence-electron chi connectivity index (χ3n) is 3.04. The van der Waals surface area contributed by atoms with Crippen LogP contribution < -0.4 is 5.32 Å². The topological polar surface area (TPSA) is 38.3 Å². The molecule has 1 aromatic carbocycles. The van der Waals surface area contributed by atoms with E-state index in [9.17, 15) is 4.79 Å². The fourth-order valence-corrected chi connectivity index (χ4v) is 2.30. The van der Waals surface area contributed by atoms with Gasteiger partial charge < -0.3 is 10.1 Å². The molecule has 0 aliphatic heterocycles. The van der Waals surface area contributed by atoms with E-state index in [4.69, 9.17) is 4.74 Å². The second kappa shape index (κ2) is 5.01. The summed E-state index contributed by atoms with van der Waals surface area (Å²) in [7, 11) is 0. The number of nitrogens with one attached hydrogen (secondary N) is 1. The average molecular weight is 247 g/mol. The number of amides is 1. The molecule has 0 aromatic heterocycles. The van der Waals surface area contributed by atoms with Crippen molar-refractivity contribution in [3.63, 3.8) is 0 Å². The molecule has 0 saturated heterocycles. The monoisotopic (exact) mass is 247 g/mol. The van der Waals surface area contributed by atoms with Crippen molar-refractivity contribution in [1.29, 1.82) is 0 Å². The van der Waals surface area contributed by atoms with Gasteiger partial charge in [-0.15, -0.1) is 0 Å². The molecule has 0 fully saturated rings. The summed E-state index contributed by atoms with van der Waals surface area (Å²) in [4.78, 5) is 11.8. The first kappa shape index (κ1) is 12.9. The Morgan fingerprint density at radius 2 is 2.06 bits per heavy atom. The Hall–Kier alpha value is -1.51. The molecule has 1 N–H and O–H groups in total. The van der Waals surface area contributed by atoms with Crippen molar-refractivity contribution in [2.45, 2.75) is 51.7 Å². The summed E-state index contributed by atoms with van der Waals surface area (Å²) in [5.74, 6) is 0. The van der Waals surface area contributed by atoms with Crippen LogP contribution in [0.5, 0.6) is 0 Å². The molecule has 0 spiro atoms. The van der Waals surface area contributed by atoms with Crippen molar-refractivity contribution >= 4 is 6.09 Å². The maximum Gasteiger partial charge on any atom is 0.408 e. The van der Waals surface area contributed by atoms with Crippen LogP contribution in [0, 0.1) is 0 Å². The summed E-state index contributed by atoms with van der Waals surface area (Å²) in [5, 5.41) is 2.84. The predicted octanol–water partition coefficient (Wildman–Crippen LogP) is 3.59. The van der Waals surface area contributed by atoms with Gasteiger partial charge in [0.25, 0.3) is 0 Å². The number of rotatable bonds is 1. The molecular weight excluding hydrogens is 226 g/mol. The molecule has 18 heavy (non-hydrogen) atoms. The highest BCUT2D eigenvalue weighted by Crippen LogP contribution is 2.32. The molecule has 1 atom stereocenters. The molecule has 3 nitrogen and oxygen atoms in total. The zero-order valence-corrected chi connectivity index (χ0v) is 11.3. The number of aryl methyl sites for hydroxylation is 1.